The van der Waals surface area contributed by atoms with Gasteiger partial charge in [-0.25, -0.2) is 4.98 Å². The Morgan fingerprint density at radius 2 is 1.83 bits per heavy atom. The number of hydrogen-bond donors (Lipinski definition) is 0. The molecule has 0 N–H and O–H groups in total. The molecule has 2 aromatic heterocycles. The molecule has 0 atom stereocenters. The number of hydrogen-bond acceptors (Lipinski definition) is 6. The number of aryl methyl sites for hydroxylation is 1. The van der Waals surface area contributed by atoms with Crippen molar-refractivity contribution in [1.82, 2.24) is 25.2 Å². The molecule has 0 radical (unpaired) electrons. The summed E-state index contributed by atoms with van der Waals surface area (Å²) in [6.07, 6.45) is 0.908. The second-order valence-corrected chi connectivity index (χ2v) is 7.06. The topological polar surface area (TPSA) is 56.5 Å². The fraction of sp³-hybridized carbons (Fsp3) is 0.125. The van der Waals surface area contributed by atoms with Gasteiger partial charge in [0.2, 0.25) is 5.16 Å². The monoisotopic (exact) mass is 339 g/mol. The molecule has 0 spiro atoms. The standard InChI is InChI=1S/C16H13N5S2/c1-2-6-12(7-3-1)21-16(18-19-20-21)22-11-10-15-17-13-8-4-5-9-14(13)23-15/h1-9H,10-11H2. The maximum absolute atomic E-state index is 4.66. The van der Waals surface area contributed by atoms with E-state index in [2.05, 4.69) is 32.6 Å². The maximum Gasteiger partial charge on any atom is 0.214 e. The minimum atomic E-state index is 0.803. The van der Waals surface area contributed by atoms with Crippen molar-refractivity contribution in [2.75, 3.05) is 5.75 Å². The van der Waals surface area contributed by atoms with Gasteiger partial charge in [0.15, 0.2) is 0 Å². The molecule has 7 heteroatoms. The van der Waals surface area contributed by atoms with Gasteiger partial charge in [-0.05, 0) is 34.7 Å². The number of nitrogens with zero attached hydrogens (tertiary/aromatic N) is 5. The van der Waals surface area contributed by atoms with Crippen molar-refractivity contribution in [3.05, 3.63) is 59.6 Å². The van der Waals surface area contributed by atoms with Crippen molar-refractivity contribution in [2.45, 2.75) is 11.6 Å². The fourth-order valence-electron chi connectivity index (χ4n) is 2.26. The van der Waals surface area contributed by atoms with E-state index in [-0.39, 0.29) is 0 Å². The first-order valence-corrected chi connectivity index (χ1v) is 9.01. The third-order valence-corrected chi connectivity index (χ3v) is 5.34. The van der Waals surface area contributed by atoms with Crippen molar-refractivity contribution in [1.29, 1.82) is 0 Å². The number of tetrazole rings is 1. The van der Waals surface area contributed by atoms with Crippen LogP contribution in [0.5, 0.6) is 0 Å². The minimum Gasteiger partial charge on any atom is -0.241 e. The molecule has 0 aliphatic carbocycles. The minimum absolute atomic E-state index is 0.803. The van der Waals surface area contributed by atoms with E-state index in [1.165, 1.54) is 4.70 Å². The summed E-state index contributed by atoms with van der Waals surface area (Å²) in [4.78, 5) is 4.66. The highest BCUT2D eigenvalue weighted by atomic mass is 32.2. The van der Waals surface area contributed by atoms with Gasteiger partial charge in [0.25, 0.3) is 0 Å². The van der Waals surface area contributed by atoms with Crippen LogP contribution in [-0.2, 0) is 6.42 Å². The number of benzene rings is 2. The molecule has 0 unspecified atom stereocenters. The summed E-state index contributed by atoms with van der Waals surface area (Å²) in [5.74, 6) is 0.896. The molecule has 4 rings (SSSR count). The lowest BCUT2D eigenvalue weighted by atomic mass is 10.3. The van der Waals surface area contributed by atoms with E-state index in [0.717, 1.165) is 33.5 Å². The predicted octanol–water partition coefficient (Wildman–Crippen LogP) is 3.61. The van der Waals surface area contributed by atoms with Crippen LogP contribution in [0.2, 0.25) is 0 Å². The molecule has 0 amide bonds. The Hall–Kier alpha value is -2.25. The molecular weight excluding hydrogens is 326 g/mol. The van der Waals surface area contributed by atoms with Crippen molar-refractivity contribution in [3.63, 3.8) is 0 Å². The van der Waals surface area contributed by atoms with Crippen LogP contribution in [0.3, 0.4) is 0 Å². The zero-order valence-corrected chi connectivity index (χ0v) is 13.8. The average Bonchev–Trinajstić information content (AvgIpc) is 3.22. The quantitative estimate of drug-likeness (QED) is 0.520. The van der Waals surface area contributed by atoms with Gasteiger partial charge in [-0.15, -0.1) is 16.4 Å². The molecule has 2 aromatic carbocycles. The Balaban J connectivity index is 1.45. The summed E-state index contributed by atoms with van der Waals surface area (Å²) >= 11 is 3.40. The summed E-state index contributed by atoms with van der Waals surface area (Å²) in [5, 5.41) is 13.9. The Labute approximate surface area is 141 Å². The Bertz CT molecular complexity index is 883. The molecule has 0 saturated carbocycles. The van der Waals surface area contributed by atoms with Gasteiger partial charge in [-0.3, -0.25) is 0 Å². The molecule has 0 saturated heterocycles. The first-order valence-electron chi connectivity index (χ1n) is 7.21. The number of rotatable bonds is 5. The van der Waals surface area contributed by atoms with Crippen LogP contribution in [0.25, 0.3) is 15.9 Å². The molecule has 23 heavy (non-hydrogen) atoms. The zero-order chi connectivity index (χ0) is 15.5. The van der Waals surface area contributed by atoms with Crippen LogP contribution >= 0.6 is 23.1 Å². The van der Waals surface area contributed by atoms with E-state index in [4.69, 9.17) is 0 Å². The van der Waals surface area contributed by atoms with Gasteiger partial charge in [0.1, 0.15) is 0 Å². The molecule has 0 aliphatic heterocycles. The van der Waals surface area contributed by atoms with E-state index in [1.54, 1.807) is 27.8 Å². The van der Waals surface area contributed by atoms with Gasteiger partial charge >= 0.3 is 0 Å². The highest BCUT2D eigenvalue weighted by molar-refractivity contribution is 7.99. The summed E-state index contributed by atoms with van der Waals surface area (Å²) < 4.78 is 3.00. The van der Waals surface area contributed by atoms with Crippen LogP contribution in [-0.4, -0.2) is 30.9 Å². The molecule has 4 aromatic rings. The predicted molar refractivity (Wildman–Crippen MR) is 93.2 cm³/mol. The van der Waals surface area contributed by atoms with Gasteiger partial charge in [-0.2, -0.15) is 4.68 Å². The lowest BCUT2D eigenvalue weighted by Crippen LogP contribution is -1.99. The highest BCUT2D eigenvalue weighted by Crippen LogP contribution is 2.24. The van der Waals surface area contributed by atoms with Gasteiger partial charge in [-0.1, -0.05) is 42.1 Å². The fourth-order valence-corrected chi connectivity index (χ4v) is 4.19. The number of thiazole rings is 1. The molecule has 0 bridgehead atoms. The second-order valence-electron chi connectivity index (χ2n) is 4.88. The van der Waals surface area contributed by atoms with Crippen LogP contribution in [0.1, 0.15) is 5.01 Å². The van der Waals surface area contributed by atoms with Gasteiger partial charge in [0, 0.05) is 12.2 Å². The first-order chi connectivity index (χ1) is 11.4. The molecule has 114 valence electrons. The maximum atomic E-state index is 4.66. The Kier molecular flexibility index (Phi) is 4.04. The molecule has 0 fully saturated rings. The second kappa shape index (κ2) is 6.47. The lowest BCUT2D eigenvalue weighted by molar-refractivity contribution is 0.756. The van der Waals surface area contributed by atoms with E-state index >= 15 is 0 Å². The van der Waals surface area contributed by atoms with E-state index in [9.17, 15) is 0 Å². The normalized spacial score (nSPS) is 11.1. The molecule has 2 heterocycles. The third kappa shape index (κ3) is 3.11. The molecule has 0 aliphatic rings. The van der Waals surface area contributed by atoms with Crippen LogP contribution in [0.15, 0.2) is 59.8 Å². The summed E-state index contributed by atoms with van der Waals surface area (Å²) in [6, 6.07) is 18.2. The number of aromatic nitrogens is 5. The third-order valence-electron chi connectivity index (χ3n) is 3.33. The SMILES string of the molecule is c1ccc(-n2nnnc2SCCc2nc3ccccc3s2)cc1. The first kappa shape index (κ1) is 14.3. The lowest BCUT2D eigenvalue weighted by Gasteiger charge is -2.02. The van der Waals surface area contributed by atoms with Gasteiger partial charge < -0.3 is 0 Å². The van der Waals surface area contributed by atoms with E-state index in [0.29, 0.717) is 0 Å². The number of fused-ring (bicyclic) bond motifs is 1. The Morgan fingerprint density at radius 1 is 1.00 bits per heavy atom. The van der Waals surface area contributed by atoms with Gasteiger partial charge in [0.05, 0.1) is 20.9 Å². The average molecular weight is 339 g/mol. The van der Waals surface area contributed by atoms with E-state index in [1.807, 2.05) is 42.5 Å². The van der Waals surface area contributed by atoms with Crippen molar-refractivity contribution in [3.8, 4) is 5.69 Å². The van der Waals surface area contributed by atoms with Crippen LogP contribution < -0.4 is 0 Å². The van der Waals surface area contributed by atoms with Crippen molar-refractivity contribution in [2.24, 2.45) is 0 Å². The van der Waals surface area contributed by atoms with Crippen molar-refractivity contribution >= 4 is 33.3 Å². The smallest absolute Gasteiger partial charge is 0.214 e. The highest BCUT2D eigenvalue weighted by Gasteiger charge is 2.09. The molecular formula is C16H13N5S2. The molecule has 5 nitrogen and oxygen atoms in total. The zero-order valence-electron chi connectivity index (χ0n) is 12.2. The van der Waals surface area contributed by atoms with Crippen molar-refractivity contribution < 1.29 is 0 Å². The van der Waals surface area contributed by atoms with E-state index < -0.39 is 0 Å². The Morgan fingerprint density at radius 3 is 2.70 bits per heavy atom. The number of para-hydroxylation sites is 2. The summed E-state index contributed by atoms with van der Waals surface area (Å²) in [5.41, 5.74) is 2.05. The largest absolute Gasteiger partial charge is 0.241 e. The number of thioether (sulfide) groups is 1. The summed E-state index contributed by atoms with van der Waals surface area (Å²) in [7, 11) is 0. The van der Waals surface area contributed by atoms with Crippen LogP contribution in [0.4, 0.5) is 0 Å². The van der Waals surface area contributed by atoms with Crippen LogP contribution in [0, 0.1) is 0 Å². The summed E-state index contributed by atoms with van der Waals surface area (Å²) in [6.45, 7) is 0.